The van der Waals surface area contributed by atoms with E-state index in [2.05, 4.69) is 10.6 Å². The lowest BCUT2D eigenvalue weighted by molar-refractivity contribution is -0.226. The minimum Gasteiger partial charge on any atom is -0.394 e. The Labute approximate surface area is 104 Å². The molecule has 8 nitrogen and oxygen atoms in total. The maximum Gasteiger partial charge on any atom is 0.217 e. The van der Waals surface area contributed by atoms with Gasteiger partial charge in [-0.05, 0) is 0 Å². The summed E-state index contributed by atoms with van der Waals surface area (Å²) in [6.45, 7) is 2.00. The van der Waals surface area contributed by atoms with Gasteiger partial charge in [0.1, 0.15) is 18.2 Å². The predicted molar refractivity (Wildman–Crippen MR) is 59.2 cm³/mol. The maximum absolute atomic E-state index is 11.0. The monoisotopic (exact) mass is 262 g/mol. The van der Waals surface area contributed by atoms with Gasteiger partial charge >= 0.3 is 0 Å². The number of carbonyl (C=O) groups excluding carboxylic acids is 2. The molecule has 0 aliphatic carbocycles. The molecule has 0 saturated carbocycles. The lowest BCUT2D eigenvalue weighted by Gasteiger charge is -2.42. The summed E-state index contributed by atoms with van der Waals surface area (Å²) in [5.41, 5.74) is 0. The van der Waals surface area contributed by atoms with Crippen molar-refractivity contribution in [3.05, 3.63) is 0 Å². The standard InChI is InChI=1S/C10H18N2O6/c1-4(14)11-7-6(3-13)18-10(17)8(9(7)16)12-5(2)15/h6-10,13,16-17H,3H2,1-2H3,(H,11,14)(H,12,15)/t6-,7+,8+,9+,10+/m1/s1. The minimum absolute atomic E-state index is 0.418. The van der Waals surface area contributed by atoms with E-state index in [-0.39, 0.29) is 0 Å². The number of aliphatic hydroxyl groups excluding tert-OH is 3. The highest BCUT2D eigenvalue weighted by molar-refractivity contribution is 5.74. The van der Waals surface area contributed by atoms with Gasteiger partial charge in [0.2, 0.25) is 11.8 Å². The van der Waals surface area contributed by atoms with Crippen LogP contribution in [0.4, 0.5) is 0 Å². The predicted octanol–water partition coefficient (Wildman–Crippen LogP) is -2.93. The van der Waals surface area contributed by atoms with Gasteiger partial charge in [0.25, 0.3) is 0 Å². The van der Waals surface area contributed by atoms with Crippen molar-refractivity contribution in [1.29, 1.82) is 0 Å². The Morgan fingerprint density at radius 2 is 1.61 bits per heavy atom. The zero-order chi connectivity index (χ0) is 13.9. The smallest absolute Gasteiger partial charge is 0.217 e. The molecule has 0 radical (unpaired) electrons. The summed E-state index contributed by atoms with van der Waals surface area (Å²) >= 11 is 0. The topological polar surface area (TPSA) is 128 Å². The summed E-state index contributed by atoms with van der Waals surface area (Å²) in [6, 6.07) is -1.98. The van der Waals surface area contributed by atoms with Gasteiger partial charge < -0.3 is 30.7 Å². The summed E-state index contributed by atoms with van der Waals surface area (Å²) in [7, 11) is 0. The van der Waals surface area contributed by atoms with Crippen LogP contribution in [0.15, 0.2) is 0 Å². The van der Waals surface area contributed by atoms with Gasteiger partial charge in [0, 0.05) is 13.8 Å². The number of hydrogen-bond donors (Lipinski definition) is 5. The van der Waals surface area contributed by atoms with Crippen molar-refractivity contribution in [3.8, 4) is 0 Å². The first-order chi connectivity index (χ1) is 8.36. The van der Waals surface area contributed by atoms with Gasteiger partial charge in [-0.1, -0.05) is 0 Å². The molecule has 0 aromatic carbocycles. The molecule has 0 spiro atoms. The molecular weight excluding hydrogens is 244 g/mol. The third-order valence-electron chi connectivity index (χ3n) is 2.68. The van der Waals surface area contributed by atoms with Crippen LogP contribution in [0, 0.1) is 0 Å². The van der Waals surface area contributed by atoms with Crippen molar-refractivity contribution >= 4 is 11.8 Å². The van der Waals surface area contributed by atoms with Crippen LogP contribution < -0.4 is 10.6 Å². The van der Waals surface area contributed by atoms with Crippen LogP contribution in [0.5, 0.6) is 0 Å². The summed E-state index contributed by atoms with van der Waals surface area (Å²) in [5.74, 6) is -0.871. The largest absolute Gasteiger partial charge is 0.394 e. The Morgan fingerprint density at radius 1 is 1.11 bits per heavy atom. The molecule has 18 heavy (non-hydrogen) atoms. The van der Waals surface area contributed by atoms with Crippen LogP contribution in [-0.4, -0.2) is 64.3 Å². The molecule has 1 aliphatic heterocycles. The highest BCUT2D eigenvalue weighted by Gasteiger charge is 2.45. The summed E-state index contributed by atoms with van der Waals surface area (Å²) in [6.07, 6.45) is -3.66. The Kier molecular flexibility index (Phi) is 5.03. The van der Waals surface area contributed by atoms with Crippen molar-refractivity contribution in [2.45, 2.75) is 44.4 Å². The van der Waals surface area contributed by atoms with Gasteiger partial charge in [-0.2, -0.15) is 0 Å². The average Bonchev–Trinajstić information content (AvgIpc) is 2.27. The van der Waals surface area contributed by atoms with Gasteiger partial charge in [0.15, 0.2) is 6.29 Å². The fourth-order valence-corrected chi connectivity index (χ4v) is 1.92. The zero-order valence-corrected chi connectivity index (χ0v) is 10.2. The van der Waals surface area contributed by atoms with Crippen LogP contribution in [0.1, 0.15) is 13.8 Å². The number of rotatable bonds is 3. The molecule has 5 N–H and O–H groups in total. The van der Waals surface area contributed by atoms with E-state index in [4.69, 9.17) is 9.84 Å². The quantitative estimate of drug-likeness (QED) is 0.370. The number of nitrogens with one attached hydrogen (secondary N) is 2. The van der Waals surface area contributed by atoms with Gasteiger partial charge in [-0.15, -0.1) is 0 Å². The lowest BCUT2D eigenvalue weighted by atomic mass is 9.94. The molecule has 1 heterocycles. The molecule has 8 heteroatoms. The van der Waals surface area contributed by atoms with Crippen molar-refractivity contribution in [2.75, 3.05) is 6.61 Å². The molecule has 0 bridgehead atoms. The van der Waals surface area contributed by atoms with Crippen LogP contribution in [0.2, 0.25) is 0 Å². The van der Waals surface area contributed by atoms with Crippen LogP contribution >= 0.6 is 0 Å². The molecule has 0 aromatic heterocycles. The first-order valence-corrected chi connectivity index (χ1v) is 5.53. The minimum atomic E-state index is -1.45. The van der Waals surface area contributed by atoms with Crippen molar-refractivity contribution in [2.24, 2.45) is 0 Å². The Bertz CT molecular complexity index is 323. The molecule has 1 aliphatic rings. The SMILES string of the molecule is CC(=O)N[C@@H]1[C@H](O)[C@H](NC(C)=O)[C@@H](O)O[C@@H]1CO. The van der Waals surface area contributed by atoms with Gasteiger partial charge in [0.05, 0.1) is 12.6 Å². The maximum atomic E-state index is 11.0. The molecule has 1 fully saturated rings. The third kappa shape index (κ3) is 3.39. The summed E-state index contributed by atoms with van der Waals surface area (Å²) in [4.78, 5) is 22.0. The first kappa shape index (κ1) is 14.8. The normalized spacial score (nSPS) is 35.9. The van der Waals surface area contributed by atoms with E-state index >= 15 is 0 Å². The fourth-order valence-electron chi connectivity index (χ4n) is 1.92. The Hall–Kier alpha value is -1.22. The molecular formula is C10H18N2O6. The molecule has 1 rings (SSSR count). The molecule has 0 aromatic rings. The number of ether oxygens (including phenoxy) is 1. The zero-order valence-electron chi connectivity index (χ0n) is 10.2. The second-order valence-corrected chi connectivity index (χ2v) is 4.19. The molecule has 5 atom stereocenters. The Balaban J connectivity index is 2.84. The van der Waals surface area contributed by atoms with E-state index < -0.39 is 49.0 Å². The van der Waals surface area contributed by atoms with E-state index in [1.807, 2.05) is 0 Å². The van der Waals surface area contributed by atoms with Crippen LogP contribution in [-0.2, 0) is 14.3 Å². The average molecular weight is 262 g/mol. The van der Waals surface area contributed by atoms with E-state index in [1.165, 1.54) is 13.8 Å². The number of hydrogen-bond acceptors (Lipinski definition) is 6. The van der Waals surface area contributed by atoms with E-state index in [0.29, 0.717) is 0 Å². The Morgan fingerprint density at radius 3 is 2.06 bits per heavy atom. The van der Waals surface area contributed by atoms with E-state index in [0.717, 1.165) is 0 Å². The summed E-state index contributed by atoms with van der Waals surface area (Å²) < 4.78 is 5.05. The second kappa shape index (κ2) is 6.10. The first-order valence-electron chi connectivity index (χ1n) is 5.53. The number of carbonyl (C=O) groups is 2. The number of aliphatic hydroxyl groups is 3. The van der Waals surface area contributed by atoms with Gasteiger partial charge in [-0.3, -0.25) is 9.59 Å². The van der Waals surface area contributed by atoms with Crippen molar-refractivity contribution < 1.29 is 29.6 Å². The lowest BCUT2D eigenvalue weighted by Crippen LogP contribution is -2.68. The highest BCUT2D eigenvalue weighted by atomic mass is 16.6. The fraction of sp³-hybridized carbons (Fsp3) is 0.800. The molecule has 1 saturated heterocycles. The third-order valence-corrected chi connectivity index (χ3v) is 2.68. The van der Waals surface area contributed by atoms with Crippen molar-refractivity contribution in [3.63, 3.8) is 0 Å². The number of amides is 2. The van der Waals surface area contributed by atoms with E-state index in [1.54, 1.807) is 0 Å². The summed E-state index contributed by atoms with van der Waals surface area (Å²) in [5, 5.41) is 33.5. The molecule has 2 amide bonds. The van der Waals surface area contributed by atoms with Crippen molar-refractivity contribution in [1.82, 2.24) is 10.6 Å². The van der Waals surface area contributed by atoms with E-state index in [9.17, 15) is 19.8 Å². The highest BCUT2D eigenvalue weighted by Crippen LogP contribution is 2.19. The second-order valence-electron chi connectivity index (χ2n) is 4.19. The molecule has 104 valence electrons. The molecule has 0 unspecified atom stereocenters. The van der Waals surface area contributed by atoms with Crippen LogP contribution in [0.25, 0.3) is 0 Å². The van der Waals surface area contributed by atoms with Gasteiger partial charge in [-0.25, -0.2) is 0 Å². The van der Waals surface area contributed by atoms with Crippen LogP contribution in [0.3, 0.4) is 0 Å².